The van der Waals surface area contributed by atoms with Crippen LogP contribution in [-0.4, -0.2) is 11.9 Å². The number of hydrogen-bond acceptors (Lipinski definition) is 1. The van der Waals surface area contributed by atoms with Crippen LogP contribution in [-0.2, 0) is 24.1 Å². The average molecular weight is 277 g/mol. The smallest absolute Gasteiger partial charge is 0.220 e. The minimum atomic E-state index is 0.0800. The molecular weight excluding hydrogens is 258 g/mol. The summed E-state index contributed by atoms with van der Waals surface area (Å²) in [6.45, 7) is 0. The van der Waals surface area contributed by atoms with Gasteiger partial charge in [0.05, 0.1) is 0 Å². The van der Waals surface area contributed by atoms with Crippen molar-refractivity contribution < 1.29 is 4.79 Å². The zero-order valence-electron chi connectivity index (χ0n) is 12.0. The lowest BCUT2D eigenvalue weighted by Crippen LogP contribution is -2.39. The van der Waals surface area contributed by atoms with Crippen LogP contribution in [0, 0.1) is 5.41 Å². The third-order valence-electron chi connectivity index (χ3n) is 5.07. The van der Waals surface area contributed by atoms with Gasteiger partial charge in [0.1, 0.15) is 0 Å². The largest absolute Gasteiger partial charge is 0.352 e. The zero-order chi connectivity index (χ0) is 14.3. The van der Waals surface area contributed by atoms with Gasteiger partial charge in [-0.15, -0.1) is 0 Å². The van der Waals surface area contributed by atoms with Crippen LogP contribution < -0.4 is 5.32 Å². The van der Waals surface area contributed by atoms with Crippen LogP contribution in [0.25, 0.3) is 0 Å². The molecule has 1 unspecified atom stereocenters. The molecule has 2 aromatic rings. The number of fused-ring (bicyclic) bond motifs is 1. The number of benzene rings is 2. The van der Waals surface area contributed by atoms with Crippen LogP contribution in [0.5, 0.6) is 0 Å². The first-order valence-electron chi connectivity index (χ1n) is 7.65. The van der Waals surface area contributed by atoms with Crippen LogP contribution in [0.2, 0.25) is 0 Å². The van der Waals surface area contributed by atoms with E-state index < -0.39 is 0 Å². The van der Waals surface area contributed by atoms with Crippen molar-refractivity contribution in [1.29, 1.82) is 0 Å². The Labute approximate surface area is 125 Å². The van der Waals surface area contributed by atoms with E-state index in [4.69, 9.17) is 0 Å². The van der Waals surface area contributed by atoms with Crippen molar-refractivity contribution in [1.82, 2.24) is 5.32 Å². The molecule has 1 fully saturated rings. The lowest BCUT2D eigenvalue weighted by atomic mass is 9.75. The summed E-state index contributed by atoms with van der Waals surface area (Å²) in [5.41, 5.74) is 4.23. The van der Waals surface area contributed by atoms with Gasteiger partial charge in [-0.1, -0.05) is 54.6 Å². The molecule has 1 aliphatic carbocycles. The second-order valence-corrected chi connectivity index (χ2v) is 6.47. The molecule has 21 heavy (non-hydrogen) atoms. The molecule has 1 aliphatic heterocycles. The Morgan fingerprint density at radius 1 is 0.905 bits per heavy atom. The SMILES string of the molecule is O=C1CC2(Cc3ccccc3C2)C(Cc2ccccc2)N1. The molecule has 1 amide bonds. The lowest BCUT2D eigenvalue weighted by molar-refractivity contribution is -0.119. The van der Waals surface area contributed by atoms with Gasteiger partial charge in [-0.05, 0) is 36.0 Å². The molecule has 0 radical (unpaired) electrons. The molecule has 1 atom stereocenters. The molecule has 1 saturated heterocycles. The van der Waals surface area contributed by atoms with Crippen molar-refractivity contribution in [3.8, 4) is 0 Å². The van der Waals surface area contributed by atoms with Gasteiger partial charge in [0.2, 0.25) is 5.91 Å². The zero-order valence-corrected chi connectivity index (χ0v) is 12.0. The van der Waals surface area contributed by atoms with Crippen molar-refractivity contribution in [2.45, 2.75) is 31.7 Å². The fraction of sp³-hybridized carbons (Fsp3) is 0.316. The number of carbonyl (C=O) groups is 1. The summed E-state index contributed by atoms with van der Waals surface area (Å²) < 4.78 is 0. The molecule has 106 valence electrons. The van der Waals surface area contributed by atoms with Gasteiger partial charge in [-0.25, -0.2) is 0 Å². The summed E-state index contributed by atoms with van der Waals surface area (Å²) in [5, 5.41) is 3.23. The molecule has 2 nitrogen and oxygen atoms in total. The Hall–Kier alpha value is -2.09. The second kappa shape index (κ2) is 4.73. The van der Waals surface area contributed by atoms with E-state index in [1.54, 1.807) is 0 Å². The van der Waals surface area contributed by atoms with Crippen LogP contribution in [0.4, 0.5) is 0 Å². The Morgan fingerprint density at radius 3 is 2.19 bits per heavy atom. The van der Waals surface area contributed by atoms with E-state index in [1.165, 1.54) is 16.7 Å². The Balaban J connectivity index is 1.64. The predicted octanol–water partition coefficient (Wildman–Crippen LogP) is 2.90. The molecule has 0 bridgehead atoms. The highest BCUT2D eigenvalue weighted by Crippen LogP contribution is 2.46. The molecule has 1 heterocycles. The van der Waals surface area contributed by atoms with E-state index in [9.17, 15) is 4.79 Å². The van der Waals surface area contributed by atoms with E-state index in [1.807, 2.05) is 6.07 Å². The van der Waals surface area contributed by atoms with Crippen molar-refractivity contribution in [3.05, 3.63) is 71.3 Å². The highest BCUT2D eigenvalue weighted by molar-refractivity contribution is 5.80. The third kappa shape index (κ3) is 2.15. The minimum absolute atomic E-state index is 0.0800. The normalized spacial score (nSPS) is 22.3. The van der Waals surface area contributed by atoms with Gasteiger partial charge >= 0.3 is 0 Å². The molecule has 2 aromatic carbocycles. The Bertz CT molecular complexity index is 652. The highest BCUT2D eigenvalue weighted by atomic mass is 16.2. The summed E-state index contributed by atoms with van der Waals surface area (Å²) in [4.78, 5) is 12.0. The second-order valence-electron chi connectivity index (χ2n) is 6.47. The molecule has 0 saturated carbocycles. The molecule has 4 rings (SSSR count). The van der Waals surface area contributed by atoms with Crippen LogP contribution >= 0.6 is 0 Å². The van der Waals surface area contributed by atoms with Crippen molar-refractivity contribution in [2.24, 2.45) is 5.41 Å². The van der Waals surface area contributed by atoms with Gasteiger partial charge in [0.15, 0.2) is 0 Å². The van der Waals surface area contributed by atoms with E-state index in [-0.39, 0.29) is 17.4 Å². The fourth-order valence-corrected chi connectivity index (χ4v) is 4.05. The summed E-state index contributed by atoms with van der Waals surface area (Å²) in [5.74, 6) is 0.212. The van der Waals surface area contributed by atoms with Crippen molar-refractivity contribution in [2.75, 3.05) is 0 Å². The molecule has 1 N–H and O–H groups in total. The Kier molecular flexibility index (Phi) is 2.85. The predicted molar refractivity (Wildman–Crippen MR) is 83.0 cm³/mol. The number of hydrogen-bond donors (Lipinski definition) is 1. The van der Waals surface area contributed by atoms with Crippen LogP contribution in [0.3, 0.4) is 0 Å². The highest BCUT2D eigenvalue weighted by Gasteiger charge is 2.49. The summed E-state index contributed by atoms with van der Waals surface area (Å²) in [6.07, 6.45) is 3.65. The lowest BCUT2D eigenvalue weighted by Gasteiger charge is -2.29. The maximum Gasteiger partial charge on any atom is 0.220 e. The van der Waals surface area contributed by atoms with E-state index in [0.29, 0.717) is 6.42 Å². The average Bonchev–Trinajstić information content (AvgIpc) is 3.00. The minimum Gasteiger partial charge on any atom is -0.352 e. The summed E-state index contributed by atoms with van der Waals surface area (Å²) in [6, 6.07) is 19.4. The van der Waals surface area contributed by atoms with Gasteiger partial charge in [0.25, 0.3) is 0 Å². The number of rotatable bonds is 2. The molecule has 1 spiro atoms. The summed E-state index contributed by atoms with van der Waals surface area (Å²) >= 11 is 0. The molecule has 2 heteroatoms. The summed E-state index contributed by atoms with van der Waals surface area (Å²) in [7, 11) is 0. The fourth-order valence-electron chi connectivity index (χ4n) is 4.05. The topological polar surface area (TPSA) is 29.1 Å². The van der Waals surface area contributed by atoms with Crippen LogP contribution in [0.1, 0.15) is 23.1 Å². The molecular formula is C19H19NO. The third-order valence-corrected chi connectivity index (χ3v) is 5.07. The number of carbonyl (C=O) groups excluding carboxylic acids is 1. The van der Waals surface area contributed by atoms with Crippen molar-refractivity contribution >= 4 is 5.91 Å². The van der Waals surface area contributed by atoms with E-state index >= 15 is 0 Å². The monoisotopic (exact) mass is 277 g/mol. The van der Waals surface area contributed by atoms with E-state index in [2.05, 4.69) is 53.8 Å². The van der Waals surface area contributed by atoms with Crippen molar-refractivity contribution in [3.63, 3.8) is 0 Å². The first kappa shape index (κ1) is 12.6. The van der Waals surface area contributed by atoms with Gasteiger partial charge < -0.3 is 5.32 Å². The maximum absolute atomic E-state index is 12.0. The maximum atomic E-state index is 12.0. The van der Waals surface area contributed by atoms with E-state index in [0.717, 1.165) is 19.3 Å². The van der Waals surface area contributed by atoms with Gasteiger partial charge in [0, 0.05) is 17.9 Å². The first-order valence-corrected chi connectivity index (χ1v) is 7.65. The number of amides is 1. The molecule has 0 aromatic heterocycles. The van der Waals surface area contributed by atoms with Gasteiger partial charge in [-0.3, -0.25) is 4.79 Å². The van der Waals surface area contributed by atoms with Gasteiger partial charge in [-0.2, -0.15) is 0 Å². The quantitative estimate of drug-likeness (QED) is 0.898. The standard InChI is InChI=1S/C19H19NO/c21-18-13-19(11-15-8-4-5-9-16(15)12-19)17(20-18)10-14-6-2-1-3-7-14/h1-9,17H,10-13H2,(H,20,21). The number of nitrogens with one attached hydrogen (secondary N) is 1. The molecule has 2 aliphatic rings. The first-order chi connectivity index (χ1) is 10.3. The van der Waals surface area contributed by atoms with Crippen LogP contribution in [0.15, 0.2) is 54.6 Å². The Morgan fingerprint density at radius 2 is 1.52 bits per heavy atom.